The van der Waals surface area contributed by atoms with Gasteiger partial charge in [-0.3, -0.25) is 9.59 Å². The fraction of sp³-hybridized carbons (Fsp3) is 0.0769. The number of rotatable bonds is 2. The van der Waals surface area contributed by atoms with Crippen LogP contribution in [-0.2, 0) is 7.05 Å². The van der Waals surface area contributed by atoms with Crippen molar-refractivity contribution in [1.29, 1.82) is 0 Å². The van der Waals surface area contributed by atoms with Crippen molar-refractivity contribution in [3.8, 4) is 0 Å². The van der Waals surface area contributed by atoms with Gasteiger partial charge in [-0.2, -0.15) is 0 Å². The summed E-state index contributed by atoms with van der Waals surface area (Å²) in [6.07, 6.45) is 0. The summed E-state index contributed by atoms with van der Waals surface area (Å²) in [6, 6.07) is 13.3. The van der Waals surface area contributed by atoms with Gasteiger partial charge < -0.3 is 4.57 Å². The molecule has 0 aliphatic rings. The number of hydrazine groups is 1. The molecule has 2 aromatic rings. The first-order valence-corrected chi connectivity index (χ1v) is 5.41. The maximum absolute atomic E-state index is 12.2. The molecule has 0 aliphatic carbocycles. The van der Waals surface area contributed by atoms with Crippen molar-refractivity contribution in [2.24, 2.45) is 12.9 Å². The third-order valence-corrected chi connectivity index (χ3v) is 2.66. The number of amides is 1. The van der Waals surface area contributed by atoms with Crippen LogP contribution >= 0.6 is 0 Å². The second kappa shape index (κ2) is 4.85. The van der Waals surface area contributed by atoms with Crippen LogP contribution in [0.4, 0.5) is 5.69 Å². The lowest BCUT2D eigenvalue weighted by molar-refractivity contribution is 0.0978. The lowest BCUT2D eigenvalue weighted by Gasteiger charge is -2.17. The summed E-state index contributed by atoms with van der Waals surface area (Å²) < 4.78 is 1.27. The van der Waals surface area contributed by atoms with Gasteiger partial charge in [0.2, 0.25) is 0 Å². The number of benzene rings is 1. The minimum atomic E-state index is -0.429. The van der Waals surface area contributed by atoms with E-state index < -0.39 is 5.91 Å². The molecule has 2 N–H and O–H groups in total. The zero-order chi connectivity index (χ0) is 13.1. The number of hydrogen-bond acceptors (Lipinski definition) is 3. The molecule has 2 rings (SSSR count). The zero-order valence-electron chi connectivity index (χ0n) is 9.91. The molecule has 5 nitrogen and oxygen atoms in total. The van der Waals surface area contributed by atoms with E-state index >= 15 is 0 Å². The molecule has 5 heteroatoms. The smallest absolute Gasteiger partial charge is 0.289 e. The van der Waals surface area contributed by atoms with Crippen LogP contribution in [0.2, 0.25) is 0 Å². The number of hydrogen-bond donors (Lipinski definition) is 1. The molecule has 0 radical (unpaired) electrons. The van der Waals surface area contributed by atoms with E-state index in [-0.39, 0.29) is 11.3 Å². The second-order valence-electron chi connectivity index (χ2n) is 3.82. The summed E-state index contributed by atoms with van der Waals surface area (Å²) in [7, 11) is 1.54. The normalized spacial score (nSPS) is 10.1. The van der Waals surface area contributed by atoms with Gasteiger partial charge in [0.15, 0.2) is 0 Å². The molecule has 0 aliphatic heterocycles. The Morgan fingerprint density at radius 2 is 1.78 bits per heavy atom. The summed E-state index contributed by atoms with van der Waals surface area (Å²) in [5, 5.41) is 1.02. The lowest BCUT2D eigenvalue weighted by Crippen LogP contribution is -2.40. The fourth-order valence-corrected chi connectivity index (χ4v) is 1.61. The van der Waals surface area contributed by atoms with E-state index in [1.165, 1.54) is 23.7 Å². The van der Waals surface area contributed by atoms with Crippen molar-refractivity contribution in [2.75, 3.05) is 5.01 Å². The number of nitrogens with two attached hydrogens (primary N) is 1. The number of para-hydroxylation sites is 1. The molecule has 0 bridgehead atoms. The third-order valence-electron chi connectivity index (χ3n) is 2.66. The van der Waals surface area contributed by atoms with Gasteiger partial charge in [-0.1, -0.05) is 24.3 Å². The number of pyridine rings is 1. The minimum Gasteiger partial charge on any atom is -0.307 e. The first kappa shape index (κ1) is 12.1. The van der Waals surface area contributed by atoms with Crippen molar-refractivity contribution in [3.63, 3.8) is 0 Å². The molecular weight excluding hydrogens is 230 g/mol. The number of carbonyl (C=O) groups is 1. The SMILES string of the molecule is Cn1c(C(=O)N(N)c2ccccc2)cccc1=O. The van der Waals surface area contributed by atoms with E-state index in [1.807, 2.05) is 6.07 Å². The van der Waals surface area contributed by atoms with Gasteiger partial charge in [-0.05, 0) is 18.2 Å². The van der Waals surface area contributed by atoms with Crippen molar-refractivity contribution >= 4 is 11.6 Å². The van der Waals surface area contributed by atoms with Crippen LogP contribution < -0.4 is 16.4 Å². The number of carbonyl (C=O) groups excluding carboxylic acids is 1. The van der Waals surface area contributed by atoms with Crippen LogP contribution in [0.25, 0.3) is 0 Å². The molecule has 0 fully saturated rings. The molecule has 92 valence electrons. The Labute approximate surface area is 104 Å². The van der Waals surface area contributed by atoms with Gasteiger partial charge >= 0.3 is 0 Å². The fourth-order valence-electron chi connectivity index (χ4n) is 1.61. The van der Waals surface area contributed by atoms with Gasteiger partial charge in [0.05, 0.1) is 5.69 Å². The average Bonchev–Trinajstić information content (AvgIpc) is 2.41. The highest BCUT2D eigenvalue weighted by molar-refractivity contribution is 6.04. The van der Waals surface area contributed by atoms with E-state index in [4.69, 9.17) is 5.84 Å². The molecule has 0 spiro atoms. The summed E-state index contributed by atoms with van der Waals surface area (Å²) in [5.74, 6) is 5.33. The molecule has 0 unspecified atom stereocenters. The van der Waals surface area contributed by atoms with Crippen LogP contribution in [0.5, 0.6) is 0 Å². The first-order chi connectivity index (χ1) is 8.61. The van der Waals surface area contributed by atoms with Gasteiger partial charge in [0, 0.05) is 13.1 Å². The Kier molecular flexibility index (Phi) is 3.25. The summed E-state index contributed by atoms with van der Waals surface area (Å²) in [4.78, 5) is 23.6. The standard InChI is InChI=1S/C13H13N3O2/c1-15-11(8-5-9-12(15)17)13(18)16(14)10-6-3-2-4-7-10/h2-9H,14H2,1H3. The summed E-state index contributed by atoms with van der Waals surface area (Å²) in [6.45, 7) is 0. The number of nitrogens with zero attached hydrogens (tertiary/aromatic N) is 2. The van der Waals surface area contributed by atoms with Crippen molar-refractivity contribution in [2.45, 2.75) is 0 Å². The van der Waals surface area contributed by atoms with Crippen LogP contribution in [-0.4, -0.2) is 10.5 Å². The van der Waals surface area contributed by atoms with Crippen molar-refractivity contribution in [3.05, 3.63) is 64.6 Å². The molecule has 1 aromatic carbocycles. The number of anilines is 1. The highest BCUT2D eigenvalue weighted by atomic mass is 16.2. The van der Waals surface area contributed by atoms with Crippen LogP contribution in [0.15, 0.2) is 53.3 Å². The monoisotopic (exact) mass is 243 g/mol. The Hall–Kier alpha value is -2.40. The Morgan fingerprint density at radius 3 is 2.44 bits per heavy atom. The van der Waals surface area contributed by atoms with E-state index in [2.05, 4.69) is 0 Å². The maximum Gasteiger partial charge on any atom is 0.289 e. The maximum atomic E-state index is 12.2. The highest BCUT2D eigenvalue weighted by Gasteiger charge is 2.16. The quantitative estimate of drug-likeness (QED) is 0.484. The Morgan fingerprint density at radius 1 is 1.11 bits per heavy atom. The second-order valence-corrected chi connectivity index (χ2v) is 3.82. The largest absolute Gasteiger partial charge is 0.307 e. The summed E-state index contributed by atoms with van der Waals surface area (Å²) >= 11 is 0. The Balaban J connectivity index is 2.38. The zero-order valence-corrected chi connectivity index (χ0v) is 9.91. The van der Waals surface area contributed by atoms with Gasteiger partial charge in [0.1, 0.15) is 5.69 Å². The molecule has 18 heavy (non-hydrogen) atoms. The summed E-state index contributed by atoms with van der Waals surface area (Å²) in [5.41, 5.74) is 0.565. The van der Waals surface area contributed by atoms with E-state index in [0.29, 0.717) is 5.69 Å². The average molecular weight is 243 g/mol. The van der Waals surface area contributed by atoms with Gasteiger partial charge in [-0.15, -0.1) is 0 Å². The van der Waals surface area contributed by atoms with E-state index in [1.54, 1.807) is 30.3 Å². The molecule has 1 aromatic heterocycles. The topological polar surface area (TPSA) is 68.3 Å². The first-order valence-electron chi connectivity index (χ1n) is 5.41. The molecule has 0 atom stereocenters. The van der Waals surface area contributed by atoms with Crippen LogP contribution in [0.3, 0.4) is 0 Å². The highest BCUT2D eigenvalue weighted by Crippen LogP contribution is 2.12. The third kappa shape index (κ3) is 2.16. The van der Waals surface area contributed by atoms with E-state index in [9.17, 15) is 9.59 Å². The van der Waals surface area contributed by atoms with Gasteiger partial charge in [-0.25, -0.2) is 10.9 Å². The van der Waals surface area contributed by atoms with E-state index in [0.717, 1.165) is 5.01 Å². The molecule has 0 saturated carbocycles. The minimum absolute atomic E-state index is 0.244. The van der Waals surface area contributed by atoms with Crippen molar-refractivity contribution in [1.82, 2.24) is 4.57 Å². The number of aromatic nitrogens is 1. The predicted octanol–water partition coefficient (Wildman–Crippen LogP) is 0.906. The predicted molar refractivity (Wildman–Crippen MR) is 69.1 cm³/mol. The molecule has 0 saturated heterocycles. The molecule has 1 heterocycles. The lowest BCUT2D eigenvalue weighted by atomic mass is 10.2. The molecule has 1 amide bonds. The van der Waals surface area contributed by atoms with Crippen LogP contribution in [0.1, 0.15) is 10.5 Å². The molecular formula is C13H13N3O2. The van der Waals surface area contributed by atoms with Crippen LogP contribution in [0, 0.1) is 0 Å². The Bertz CT molecular complexity index is 620. The van der Waals surface area contributed by atoms with Gasteiger partial charge in [0.25, 0.3) is 11.5 Å². The van der Waals surface area contributed by atoms with Crippen molar-refractivity contribution < 1.29 is 4.79 Å².